The fraction of sp³-hybridized carbons (Fsp3) is 0.474. The predicted molar refractivity (Wildman–Crippen MR) is 112 cm³/mol. The van der Waals surface area contributed by atoms with Gasteiger partial charge in [0, 0.05) is 19.1 Å². The molecule has 28 heavy (non-hydrogen) atoms. The molecule has 6 nitrogen and oxygen atoms in total. The van der Waals surface area contributed by atoms with Gasteiger partial charge in [-0.1, -0.05) is 18.6 Å². The fourth-order valence-electron chi connectivity index (χ4n) is 3.43. The van der Waals surface area contributed by atoms with Gasteiger partial charge in [-0.3, -0.25) is 0 Å². The van der Waals surface area contributed by atoms with Crippen LogP contribution in [0.5, 0.6) is 0 Å². The molecule has 1 aromatic carbocycles. The van der Waals surface area contributed by atoms with Crippen LogP contribution in [0.25, 0.3) is 0 Å². The van der Waals surface area contributed by atoms with Crippen molar-refractivity contribution in [3.63, 3.8) is 0 Å². The summed E-state index contributed by atoms with van der Waals surface area (Å²) in [6.45, 7) is 4.50. The predicted octanol–water partition coefficient (Wildman–Crippen LogP) is 3.28. The van der Waals surface area contributed by atoms with Crippen molar-refractivity contribution < 1.29 is 16.8 Å². The quantitative estimate of drug-likeness (QED) is 0.713. The highest BCUT2D eigenvalue weighted by Gasteiger charge is 2.34. The van der Waals surface area contributed by atoms with Gasteiger partial charge >= 0.3 is 0 Å². The van der Waals surface area contributed by atoms with E-state index < -0.39 is 20.0 Å². The molecule has 0 saturated carbocycles. The van der Waals surface area contributed by atoms with Gasteiger partial charge in [-0.15, -0.1) is 11.3 Å². The first-order valence-corrected chi connectivity index (χ1v) is 13.1. The molecule has 1 N–H and O–H groups in total. The highest BCUT2D eigenvalue weighted by Crippen LogP contribution is 2.29. The molecule has 1 aliphatic heterocycles. The second-order valence-electron chi connectivity index (χ2n) is 7.13. The first kappa shape index (κ1) is 21.4. The Kier molecular flexibility index (Phi) is 6.61. The highest BCUT2D eigenvalue weighted by atomic mass is 32.2. The Hall–Kier alpha value is -1.26. The summed E-state index contributed by atoms with van der Waals surface area (Å²) in [6, 6.07) is 8.20. The first-order chi connectivity index (χ1) is 13.2. The Morgan fingerprint density at radius 3 is 2.57 bits per heavy atom. The van der Waals surface area contributed by atoms with Crippen LogP contribution < -0.4 is 4.72 Å². The van der Waals surface area contributed by atoms with Crippen LogP contribution >= 0.6 is 11.3 Å². The maximum Gasteiger partial charge on any atom is 0.252 e. The lowest BCUT2D eigenvalue weighted by atomic mass is 10.0. The Labute approximate surface area is 171 Å². The van der Waals surface area contributed by atoms with E-state index in [1.54, 1.807) is 40.0 Å². The summed E-state index contributed by atoms with van der Waals surface area (Å²) in [5.74, 6) is 0. The molecule has 1 aromatic heterocycles. The molecule has 1 aliphatic rings. The first-order valence-electron chi connectivity index (χ1n) is 9.34. The number of thiophene rings is 1. The summed E-state index contributed by atoms with van der Waals surface area (Å²) >= 11 is 1.21. The topological polar surface area (TPSA) is 83.6 Å². The van der Waals surface area contributed by atoms with E-state index in [4.69, 9.17) is 0 Å². The number of hydrogen-bond donors (Lipinski definition) is 1. The van der Waals surface area contributed by atoms with Crippen molar-refractivity contribution >= 4 is 31.4 Å². The minimum atomic E-state index is -3.61. The average Bonchev–Trinajstić information content (AvgIpc) is 3.20. The molecule has 0 bridgehead atoms. The van der Waals surface area contributed by atoms with E-state index in [2.05, 4.69) is 4.72 Å². The molecular formula is C19H26N2O4S3. The smallest absolute Gasteiger partial charge is 0.211 e. The van der Waals surface area contributed by atoms with E-state index in [9.17, 15) is 16.8 Å². The summed E-state index contributed by atoms with van der Waals surface area (Å²) in [4.78, 5) is 0.238. The lowest BCUT2D eigenvalue weighted by Crippen LogP contribution is -2.44. The lowest BCUT2D eigenvalue weighted by Gasteiger charge is -2.34. The molecule has 154 valence electrons. The average molecular weight is 443 g/mol. The summed E-state index contributed by atoms with van der Waals surface area (Å²) < 4.78 is 55.5. The largest absolute Gasteiger partial charge is 0.252 e. The third kappa shape index (κ3) is 4.65. The maximum absolute atomic E-state index is 12.9. The lowest BCUT2D eigenvalue weighted by molar-refractivity contribution is 0.242. The van der Waals surface area contributed by atoms with Crippen LogP contribution in [-0.2, 0) is 20.0 Å². The monoisotopic (exact) mass is 442 g/mol. The molecule has 0 radical (unpaired) electrons. The van der Waals surface area contributed by atoms with Crippen molar-refractivity contribution in [3.8, 4) is 0 Å². The molecular weight excluding hydrogens is 416 g/mol. The number of rotatable bonds is 7. The molecule has 1 atom stereocenters. The summed E-state index contributed by atoms with van der Waals surface area (Å²) in [6.07, 6.45) is 2.98. The molecule has 2 aromatic rings. The number of benzene rings is 1. The van der Waals surface area contributed by atoms with Gasteiger partial charge in [0.2, 0.25) is 10.0 Å². The van der Waals surface area contributed by atoms with Gasteiger partial charge in [-0.25, -0.2) is 21.6 Å². The third-order valence-corrected chi connectivity index (χ3v) is 9.97. The van der Waals surface area contributed by atoms with Crippen LogP contribution in [0.4, 0.5) is 0 Å². The molecule has 1 saturated heterocycles. The van der Waals surface area contributed by atoms with Gasteiger partial charge in [0.05, 0.1) is 4.90 Å². The van der Waals surface area contributed by atoms with E-state index in [1.165, 1.54) is 11.3 Å². The molecule has 1 fully saturated rings. The zero-order chi connectivity index (χ0) is 20.4. The molecule has 3 rings (SSSR count). The van der Waals surface area contributed by atoms with E-state index in [1.807, 2.05) is 13.8 Å². The standard InChI is InChI=1S/C19H26N2O4S3/c1-15-8-9-18(14-16(15)2)27(22,23)20-11-10-17-6-3-4-12-21(17)28(24,25)19-7-5-13-26-19/h5,7-9,13-14,17,20H,3-4,6,10-12H2,1-2H3. The zero-order valence-corrected chi connectivity index (χ0v) is 18.5. The SMILES string of the molecule is Cc1ccc(S(=O)(=O)NCCC2CCCCN2S(=O)(=O)c2cccs2)cc1C. The van der Waals surface area contributed by atoms with Crippen LogP contribution in [-0.4, -0.2) is 40.3 Å². The molecule has 1 unspecified atom stereocenters. The van der Waals surface area contributed by atoms with Crippen molar-refractivity contribution in [2.45, 2.75) is 54.7 Å². The van der Waals surface area contributed by atoms with Gasteiger partial charge < -0.3 is 0 Å². The minimum absolute atomic E-state index is 0.191. The Morgan fingerprint density at radius 2 is 1.89 bits per heavy atom. The summed E-state index contributed by atoms with van der Waals surface area (Å²) in [5, 5.41) is 1.75. The van der Waals surface area contributed by atoms with Crippen molar-refractivity contribution in [3.05, 3.63) is 46.8 Å². The number of piperidine rings is 1. The van der Waals surface area contributed by atoms with Crippen molar-refractivity contribution in [1.82, 2.24) is 9.03 Å². The Balaban J connectivity index is 1.67. The third-order valence-electron chi connectivity index (χ3n) is 5.19. The number of sulfonamides is 2. The fourth-order valence-corrected chi connectivity index (χ4v) is 7.40. The Morgan fingerprint density at radius 1 is 1.11 bits per heavy atom. The van der Waals surface area contributed by atoms with Crippen molar-refractivity contribution in [1.29, 1.82) is 0 Å². The zero-order valence-electron chi connectivity index (χ0n) is 16.1. The van der Waals surface area contributed by atoms with E-state index in [-0.39, 0.29) is 17.5 Å². The van der Waals surface area contributed by atoms with Gasteiger partial charge in [0.15, 0.2) is 0 Å². The minimum Gasteiger partial charge on any atom is -0.211 e. The molecule has 0 amide bonds. The summed E-state index contributed by atoms with van der Waals surface area (Å²) in [7, 11) is -7.13. The van der Waals surface area contributed by atoms with Gasteiger partial charge in [-0.2, -0.15) is 4.31 Å². The van der Waals surface area contributed by atoms with E-state index >= 15 is 0 Å². The second kappa shape index (κ2) is 8.62. The second-order valence-corrected chi connectivity index (χ2v) is 12.0. The molecule has 2 heterocycles. The van der Waals surface area contributed by atoms with Crippen LogP contribution in [0.15, 0.2) is 44.8 Å². The van der Waals surface area contributed by atoms with Crippen LogP contribution in [0.3, 0.4) is 0 Å². The van der Waals surface area contributed by atoms with E-state index in [0.29, 0.717) is 17.2 Å². The van der Waals surface area contributed by atoms with Crippen LogP contribution in [0.2, 0.25) is 0 Å². The number of hydrogen-bond acceptors (Lipinski definition) is 5. The van der Waals surface area contributed by atoms with Crippen molar-refractivity contribution in [2.75, 3.05) is 13.1 Å². The number of nitrogens with zero attached hydrogens (tertiary/aromatic N) is 1. The number of nitrogens with one attached hydrogen (secondary N) is 1. The highest BCUT2D eigenvalue weighted by molar-refractivity contribution is 7.91. The maximum atomic E-state index is 12.9. The number of aryl methyl sites for hydroxylation is 2. The van der Waals surface area contributed by atoms with Crippen LogP contribution in [0.1, 0.15) is 36.8 Å². The van der Waals surface area contributed by atoms with Gasteiger partial charge in [0.1, 0.15) is 4.21 Å². The van der Waals surface area contributed by atoms with Gasteiger partial charge in [0.25, 0.3) is 10.0 Å². The van der Waals surface area contributed by atoms with Crippen LogP contribution in [0, 0.1) is 13.8 Å². The molecule has 0 aliphatic carbocycles. The van der Waals surface area contributed by atoms with Crippen molar-refractivity contribution in [2.24, 2.45) is 0 Å². The molecule has 0 spiro atoms. The normalized spacial score (nSPS) is 19.0. The van der Waals surface area contributed by atoms with E-state index in [0.717, 1.165) is 30.4 Å². The van der Waals surface area contributed by atoms with Gasteiger partial charge in [-0.05, 0) is 67.8 Å². The Bertz CT molecular complexity index is 1020. The molecule has 9 heteroatoms. The summed E-state index contributed by atoms with van der Waals surface area (Å²) in [5.41, 5.74) is 1.96.